The molecule has 2 N–H and O–H groups in total. The molecule has 1 heterocycles. The van der Waals surface area contributed by atoms with E-state index < -0.39 is 0 Å². The molecule has 5 nitrogen and oxygen atoms in total. The highest BCUT2D eigenvalue weighted by Crippen LogP contribution is 2.10. The molecule has 0 saturated carbocycles. The molecular formula is C14H21ClFN3O2. The molecule has 0 aliphatic carbocycles. The van der Waals surface area contributed by atoms with Gasteiger partial charge < -0.3 is 15.4 Å². The molecule has 118 valence electrons. The second-order valence-electron chi connectivity index (χ2n) is 4.68. The van der Waals surface area contributed by atoms with Crippen LogP contribution in [0, 0.1) is 5.82 Å². The Labute approximate surface area is 130 Å². The fourth-order valence-corrected chi connectivity index (χ4v) is 2.02. The molecule has 0 spiro atoms. The summed E-state index contributed by atoms with van der Waals surface area (Å²) in [5.41, 5.74) is 0. The van der Waals surface area contributed by atoms with Crippen LogP contribution in [-0.4, -0.2) is 56.7 Å². The lowest BCUT2D eigenvalue weighted by Gasteiger charge is -2.27. The molecule has 0 unspecified atom stereocenters. The summed E-state index contributed by atoms with van der Waals surface area (Å²) in [6.45, 7) is 5.45. The lowest BCUT2D eigenvalue weighted by Crippen LogP contribution is -2.46. The number of ether oxygens (including phenoxy) is 1. The Bertz CT molecular complexity index is 425. The lowest BCUT2D eigenvalue weighted by atomic mass is 10.3. The highest BCUT2D eigenvalue weighted by molar-refractivity contribution is 5.85. The lowest BCUT2D eigenvalue weighted by molar-refractivity contribution is -0.123. The van der Waals surface area contributed by atoms with Crippen molar-refractivity contribution in [3.63, 3.8) is 0 Å². The summed E-state index contributed by atoms with van der Waals surface area (Å²) in [5.74, 6) is 0.00550. The minimum absolute atomic E-state index is 0. The van der Waals surface area contributed by atoms with Crippen molar-refractivity contribution in [2.45, 2.75) is 0 Å². The number of carbonyl (C=O) groups excluding carboxylic acids is 1. The molecule has 1 aromatic rings. The van der Waals surface area contributed by atoms with Crippen molar-refractivity contribution in [2.24, 2.45) is 0 Å². The van der Waals surface area contributed by atoms with Crippen molar-refractivity contribution in [3.05, 3.63) is 30.1 Å². The average Bonchev–Trinajstić information content (AvgIpc) is 2.48. The van der Waals surface area contributed by atoms with Gasteiger partial charge in [0.05, 0.1) is 0 Å². The summed E-state index contributed by atoms with van der Waals surface area (Å²) in [5, 5.41) is 6.09. The second-order valence-corrected chi connectivity index (χ2v) is 4.68. The van der Waals surface area contributed by atoms with Crippen molar-refractivity contribution in [1.82, 2.24) is 15.5 Å². The summed E-state index contributed by atoms with van der Waals surface area (Å²) in [6, 6.07) is 5.61. The number of nitrogens with one attached hydrogen (secondary N) is 2. The predicted molar refractivity (Wildman–Crippen MR) is 81.5 cm³/mol. The first-order valence-corrected chi connectivity index (χ1v) is 6.82. The van der Waals surface area contributed by atoms with Gasteiger partial charge in [0, 0.05) is 39.3 Å². The number of hydrogen-bond donors (Lipinski definition) is 2. The minimum Gasteiger partial charge on any atom is -0.484 e. The number of hydrogen-bond acceptors (Lipinski definition) is 4. The van der Waals surface area contributed by atoms with E-state index in [0.717, 1.165) is 32.7 Å². The zero-order valence-corrected chi connectivity index (χ0v) is 12.6. The number of carbonyl (C=O) groups is 1. The minimum atomic E-state index is -0.321. The molecule has 2 rings (SSSR count). The van der Waals surface area contributed by atoms with Crippen LogP contribution in [0.1, 0.15) is 0 Å². The van der Waals surface area contributed by atoms with Gasteiger partial charge in [0.2, 0.25) is 0 Å². The van der Waals surface area contributed by atoms with Crippen LogP contribution in [-0.2, 0) is 4.79 Å². The van der Waals surface area contributed by atoms with E-state index in [-0.39, 0.29) is 30.7 Å². The Kier molecular flexibility index (Phi) is 8.04. The predicted octanol–water partition coefficient (Wildman–Crippen LogP) is 0.648. The number of amides is 1. The summed E-state index contributed by atoms with van der Waals surface area (Å²) in [7, 11) is 0. The molecule has 0 aromatic heterocycles. The molecule has 1 saturated heterocycles. The number of rotatable bonds is 6. The Morgan fingerprint density at radius 1 is 1.29 bits per heavy atom. The Morgan fingerprint density at radius 2 is 1.95 bits per heavy atom. The quantitative estimate of drug-likeness (QED) is 0.809. The third kappa shape index (κ3) is 6.75. The molecule has 0 bridgehead atoms. The largest absolute Gasteiger partial charge is 0.484 e. The van der Waals surface area contributed by atoms with Gasteiger partial charge in [-0.15, -0.1) is 12.4 Å². The van der Waals surface area contributed by atoms with E-state index in [1.165, 1.54) is 24.3 Å². The maximum absolute atomic E-state index is 12.7. The standard InChI is InChI=1S/C14H20FN3O2.ClH/c15-12-1-3-13(4-2-12)20-11-14(19)17-7-10-18-8-5-16-6-9-18;/h1-4,16H,5-11H2,(H,17,19);1H. The van der Waals surface area contributed by atoms with Crippen LogP contribution in [0.25, 0.3) is 0 Å². The number of benzene rings is 1. The van der Waals surface area contributed by atoms with Crippen LogP contribution in [0.3, 0.4) is 0 Å². The Hall–Kier alpha value is -1.37. The van der Waals surface area contributed by atoms with Crippen LogP contribution >= 0.6 is 12.4 Å². The normalized spacial score (nSPS) is 15.1. The van der Waals surface area contributed by atoms with E-state index in [1.807, 2.05) is 0 Å². The van der Waals surface area contributed by atoms with Gasteiger partial charge in [-0.1, -0.05) is 0 Å². The maximum Gasteiger partial charge on any atom is 0.257 e. The van der Waals surface area contributed by atoms with Crippen molar-refractivity contribution in [1.29, 1.82) is 0 Å². The first-order chi connectivity index (χ1) is 9.74. The topological polar surface area (TPSA) is 53.6 Å². The van der Waals surface area contributed by atoms with Gasteiger partial charge in [0.15, 0.2) is 6.61 Å². The molecule has 1 fully saturated rings. The average molecular weight is 318 g/mol. The molecule has 1 amide bonds. The van der Waals surface area contributed by atoms with Crippen molar-refractivity contribution < 1.29 is 13.9 Å². The smallest absolute Gasteiger partial charge is 0.257 e. The summed E-state index contributed by atoms with van der Waals surface area (Å²) < 4.78 is 17.9. The number of halogens is 2. The number of piperazine rings is 1. The molecule has 1 aromatic carbocycles. The van der Waals surface area contributed by atoms with E-state index in [4.69, 9.17) is 4.74 Å². The van der Waals surface area contributed by atoms with E-state index in [0.29, 0.717) is 12.3 Å². The summed E-state index contributed by atoms with van der Waals surface area (Å²) in [4.78, 5) is 13.9. The molecule has 1 aliphatic heterocycles. The van der Waals surface area contributed by atoms with Crippen LogP contribution in [0.4, 0.5) is 4.39 Å². The van der Waals surface area contributed by atoms with E-state index >= 15 is 0 Å². The van der Waals surface area contributed by atoms with Gasteiger partial charge >= 0.3 is 0 Å². The molecule has 0 atom stereocenters. The zero-order chi connectivity index (χ0) is 14.2. The first kappa shape index (κ1) is 17.7. The summed E-state index contributed by atoms with van der Waals surface area (Å²) in [6.07, 6.45) is 0. The molecular weight excluding hydrogens is 297 g/mol. The van der Waals surface area contributed by atoms with E-state index in [1.54, 1.807) is 0 Å². The highest BCUT2D eigenvalue weighted by Gasteiger charge is 2.09. The fraction of sp³-hybridized carbons (Fsp3) is 0.500. The monoisotopic (exact) mass is 317 g/mol. The highest BCUT2D eigenvalue weighted by atomic mass is 35.5. The van der Waals surface area contributed by atoms with Crippen molar-refractivity contribution in [2.75, 3.05) is 45.9 Å². The van der Waals surface area contributed by atoms with Gasteiger partial charge in [-0.25, -0.2) is 4.39 Å². The Morgan fingerprint density at radius 3 is 2.62 bits per heavy atom. The van der Waals surface area contributed by atoms with Crippen molar-refractivity contribution in [3.8, 4) is 5.75 Å². The molecule has 21 heavy (non-hydrogen) atoms. The molecule has 1 aliphatic rings. The first-order valence-electron chi connectivity index (χ1n) is 6.82. The molecule has 0 radical (unpaired) electrons. The Balaban J connectivity index is 0.00000220. The number of nitrogens with zero attached hydrogens (tertiary/aromatic N) is 1. The SMILES string of the molecule is Cl.O=C(COc1ccc(F)cc1)NCCN1CCNCC1. The van der Waals surface area contributed by atoms with Crippen LogP contribution < -0.4 is 15.4 Å². The van der Waals surface area contributed by atoms with Gasteiger partial charge in [-0.05, 0) is 24.3 Å². The maximum atomic E-state index is 12.7. The zero-order valence-electron chi connectivity index (χ0n) is 11.8. The van der Waals surface area contributed by atoms with Crippen molar-refractivity contribution >= 4 is 18.3 Å². The van der Waals surface area contributed by atoms with Crippen LogP contribution in [0.15, 0.2) is 24.3 Å². The van der Waals surface area contributed by atoms with Gasteiger partial charge in [-0.2, -0.15) is 0 Å². The van der Waals surface area contributed by atoms with Gasteiger partial charge in [0.25, 0.3) is 5.91 Å². The fourth-order valence-electron chi connectivity index (χ4n) is 2.02. The third-order valence-corrected chi connectivity index (χ3v) is 3.14. The molecule has 7 heteroatoms. The van der Waals surface area contributed by atoms with Crippen LogP contribution in [0.5, 0.6) is 5.75 Å². The van der Waals surface area contributed by atoms with Gasteiger partial charge in [-0.3, -0.25) is 9.69 Å². The summed E-state index contributed by atoms with van der Waals surface area (Å²) >= 11 is 0. The second kappa shape index (κ2) is 9.55. The van der Waals surface area contributed by atoms with Gasteiger partial charge in [0.1, 0.15) is 11.6 Å². The van der Waals surface area contributed by atoms with Crippen LogP contribution in [0.2, 0.25) is 0 Å². The van der Waals surface area contributed by atoms with E-state index in [2.05, 4.69) is 15.5 Å². The third-order valence-electron chi connectivity index (χ3n) is 3.14. The van der Waals surface area contributed by atoms with E-state index in [9.17, 15) is 9.18 Å².